The normalized spacial score (nSPS) is 19.0. The van der Waals surface area contributed by atoms with Gasteiger partial charge in [0.1, 0.15) is 0 Å². The van der Waals surface area contributed by atoms with Gasteiger partial charge < -0.3 is 9.64 Å². The van der Waals surface area contributed by atoms with Crippen LogP contribution in [-0.4, -0.2) is 80.9 Å². The smallest absolute Gasteiger partial charge is 0.254 e. The molecule has 1 amide bonds. The number of carbonyl (C=O) groups is 1. The Bertz CT molecular complexity index is 967. The predicted molar refractivity (Wildman–Crippen MR) is 114 cm³/mol. The molecular weight excluding hydrogens is 402 g/mol. The van der Waals surface area contributed by atoms with Crippen LogP contribution in [0.4, 0.5) is 0 Å². The van der Waals surface area contributed by atoms with Crippen molar-refractivity contribution in [3.05, 3.63) is 65.7 Å². The zero-order valence-electron chi connectivity index (χ0n) is 16.9. The van der Waals surface area contributed by atoms with Crippen LogP contribution < -0.4 is 0 Å². The van der Waals surface area contributed by atoms with Crippen molar-refractivity contribution >= 4 is 15.9 Å². The highest BCUT2D eigenvalue weighted by Crippen LogP contribution is 2.20. The highest BCUT2D eigenvalue weighted by atomic mass is 32.2. The molecule has 0 unspecified atom stereocenters. The Morgan fingerprint density at radius 1 is 0.867 bits per heavy atom. The number of rotatable bonds is 5. The van der Waals surface area contributed by atoms with Gasteiger partial charge in [0.2, 0.25) is 10.0 Å². The number of nitrogens with zero attached hydrogens (tertiary/aromatic N) is 3. The third kappa shape index (κ3) is 4.73. The van der Waals surface area contributed by atoms with Crippen LogP contribution in [0.5, 0.6) is 0 Å². The fourth-order valence-electron chi connectivity index (χ4n) is 3.86. The van der Waals surface area contributed by atoms with Gasteiger partial charge in [-0.05, 0) is 23.8 Å². The largest absolute Gasteiger partial charge is 0.378 e. The molecule has 0 atom stereocenters. The summed E-state index contributed by atoms with van der Waals surface area (Å²) in [5.41, 5.74) is 1.63. The van der Waals surface area contributed by atoms with Gasteiger partial charge in [-0.1, -0.05) is 36.4 Å². The van der Waals surface area contributed by atoms with E-state index in [1.54, 1.807) is 23.1 Å². The maximum absolute atomic E-state index is 13.2. The van der Waals surface area contributed by atoms with E-state index in [0.717, 1.165) is 6.54 Å². The molecule has 0 saturated carbocycles. The number of hydrogen-bond donors (Lipinski definition) is 0. The summed E-state index contributed by atoms with van der Waals surface area (Å²) in [5, 5.41) is 0. The molecule has 0 N–H and O–H groups in total. The molecule has 8 heteroatoms. The van der Waals surface area contributed by atoms with Crippen LogP contribution in [0.1, 0.15) is 15.9 Å². The fourth-order valence-corrected chi connectivity index (χ4v) is 5.33. The summed E-state index contributed by atoms with van der Waals surface area (Å²) in [6.07, 6.45) is 0. The van der Waals surface area contributed by atoms with Gasteiger partial charge in [-0.3, -0.25) is 9.69 Å². The number of morpholine rings is 1. The third-order valence-electron chi connectivity index (χ3n) is 5.60. The van der Waals surface area contributed by atoms with Crippen molar-refractivity contribution in [3.8, 4) is 0 Å². The number of hydrogen-bond acceptors (Lipinski definition) is 5. The van der Waals surface area contributed by atoms with Crippen molar-refractivity contribution in [2.75, 3.05) is 52.5 Å². The lowest BCUT2D eigenvalue weighted by Gasteiger charge is -2.34. The summed E-state index contributed by atoms with van der Waals surface area (Å²) < 4.78 is 33.1. The average molecular weight is 430 g/mol. The van der Waals surface area contributed by atoms with Crippen molar-refractivity contribution in [2.24, 2.45) is 0 Å². The molecular formula is C22H27N3O4S. The maximum Gasteiger partial charge on any atom is 0.254 e. The zero-order valence-corrected chi connectivity index (χ0v) is 17.8. The number of benzene rings is 2. The fraction of sp³-hybridized carbons (Fsp3) is 0.409. The summed E-state index contributed by atoms with van der Waals surface area (Å²) in [6, 6.07) is 16.6. The van der Waals surface area contributed by atoms with E-state index in [2.05, 4.69) is 17.0 Å². The van der Waals surface area contributed by atoms with Crippen LogP contribution in [0.15, 0.2) is 59.5 Å². The minimum Gasteiger partial charge on any atom is -0.378 e. The van der Waals surface area contributed by atoms with Gasteiger partial charge in [0, 0.05) is 51.4 Å². The molecule has 2 aromatic rings. The Balaban J connectivity index is 1.42. The Kier molecular flexibility index (Phi) is 6.48. The number of carbonyl (C=O) groups excluding carboxylic acids is 1. The number of amides is 1. The van der Waals surface area contributed by atoms with Crippen molar-refractivity contribution in [3.63, 3.8) is 0 Å². The Morgan fingerprint density at radius 2 is 1.57 bits per heavy atom. The Labute approximate surface area is 177 Å². The molecule has 2 aliphatic heterocycles. The van der Waals surface area contributed by atoms with E-state index < -0.39 is 10.0 Å². The van der Waals surface area contributed by atoms with Crippen LogP contribution in [0.25, 0.3) is 0 Å². The van der Waals surface area contributed by atoms with Crippen LogP contribution >= 0.6 is 0 Å². The number of piperazine rings is 1. The topological polar surface area (TPSA) is 70.2 Å². The molecule has 0 spiro atoms. The first-order valence-corrected chi connectivity index (χ1v) is 11.7. The van der Waals surface area contributed by atoms with Crippen LogP contribution in [0.3, 0.4) is 0 Å². The van der Waals surface area contributed by atoms with E-state index in [0.29, 0.717) is 58.0 Å². The van der Waals surface area contributed by atoms with Gasteiger partial charge >= 0.3 is 0 Å². The lowest BCUT2D eigenvalue weighted by atomic mass is 10.2. The van der Waals surface area contributed by atoms with Gasteiger partial charge in [-0.25, -0.2) is 8.42 Å². The molecule has 0 aliphatic carbocycles. The maximum atomic E-state index is 13.2. The SMILES string of the molecule is O=C(c1cccc(S(=O)(=O)N2CCN(Cc3ccccc3)CC2)c1)N1CCOCC1. The van der Waals surface area contributed by atoms with Gasteiger partial charge in [-0.15, -0.1) is 0 Å². The molecule has 0 aromatic heterocycles. The lowest BCUT2D eigenvalue weighted by Crippen LogP contribution is -2.48. The second kappa shape index (κ2) is 9.26. The summed E-state index contributed by atoms with van der Waals surface area (Å²) in [6.45, 7) is 5.14. The summed E-state index contributed by atoms with van der Waals surface area (Å²) in [4.78, 5) is 16.9. The van der Waals surface area contributed by atoms with E-state index in [9.17, 15) is 13.2 Å². The molecule has 2 saturated heterocycles. The molecule has 4 rings (SSSR count). The standard InChI is InChI=1S/C22H27N3O4S/c26-22(24-13-15-29-16-14-24)20-7-4-8-21(17-20)30(27,28)25-11-9-23(10-12-25)18-19-5-2-1-3-6-19/h1-8,17H,9-16,18H2. The van der Waals surface area contributed by atoms with Gasteiger partial charge in [-0.2, -0.15) is 4.31 Å². The summed E-state index contributed by atoms with van der Waals surface area (Å²) in [7, 11) is -3.63. The highest BCUT2D eigenvalue weighted by molar-refractivity contribution is 7.89. The first-order valence-electron chi connectivity index (χ1n) is 10.3. The Morgan fingerprint density at radius 3 is 2.27 bits per heavy atom. The van der Waals surface area contributed by atoms with Gasteiger partial charge in [0.15, 0.2) is 0 Å². The van der Waals surface area contributed by atoms with E-state index in [1.807, 2.05) is 18.2 Å². The summed E-state index contributed by atoms with van der Waals surface area (Å²) in [5.74, 6) is -0.150. The minimum absolute atomic E-state index is 0.150. The Hall–Kier alpha value is -2.26. The monoisotopic (exact) mass is 429 g/mol. The molecule has 2 aliphatic rings. The third-order valence-corrected chi connectivity index (χ3v) is 7.49. The molecule has 30 heavy (non-hydrogen) atoms. The predicted octanol–water partition coefficient (Wildman–Crippen LogP) is 1.67. The van der Waals surface area contributed by atoms with Crippen LogP contribution in [-0.2, 0) is 21.3 Å². The van der Waals surface area contributed by atoms with Gasteiger partial charge in [0.25, 0.3) is 5.91 Å². The minimum atomic E-state index is -3.63. The highest BCUT2D eigenvalue weighted by Gasteiger charge is 2.29. The number of ether oxygens (including phenoxy) is 1. The first-order chi connectivity index (χ1) is 14.5. The van der Waals surface area contributed by atoms with Crippen LogP contribution in [0.2, 0.25) is 0 Å². The molecule has 0 bridgehead atoms. The van der Waals surface area contributed by atoms with Crippen molar-refractivity contribution in [1.29, 1.82) is 0 Å². The number of sulfonamides is 1. The van der Waals surface area contributed by atoms with Crippen molar-refractivity contribution < 1.29 is 17.9 Å². The zero-order chi connectivity index (χ0) is 21.0. The van der Waals surface area contributed by atoms with Crippen molar-refractivity contribution in [1.82, 2.24) is 14.1 Å². The van der Waals surface area contributed by atoms with E-state index >= 15 is 0 Å². The molecule has 2 fully saturated rings. The second-order valence-corrected chi connectivity index (χ2v) is 9.54. The molecule has 2 heterocycles. The molecule has 0 radical (unpaired) electrons. The van der Waals surface area contributed by atoms with E-state index in [4.69, 9.17) is 4.74 Å². The second-order valence-electron chi connectivity index (χ2n) is 7.60. The van der Waals surface area contributed by atoms with E-state index in [-0.39, 0.29) is 10.8 Å². The molecule has 160 valence electrons. The lowest BCUT2D eigenvalue weighted by molar-refractivity contribution is 0.0302. The average Bonchev–Trinajstić information content (AvgIpc) is 2.80. The molecule has 7 nitrogen and oxygen atoms in total. The van der Waals surface area contributed by atoms with Gasteiger partial charge in [0.05, 0.1) is 18.1 Å². The summed E-state index contributed by atoms with van der Waals surface area (Å²) >= 11 is 0. The molecule has 2 aromatic carbocycles. The first kappa shape index (κ1) is 21.0. The quantitative estimate of drug-likeness (QED) is 0.723. The van der Waals surface area contributed by atoms with E-state index in [1.165, 1.54) is 15.9 Å². The van der Waals surface area contributed by atoms with Crippen molar-refractivity contribution in [2.45, 2.75) is 11.4 Å². The van der Waals surface area contributed by atoms with Crippen LogP contribution in [0, 0.1) is 0 Å².